The van der Waals surface area contributed by atoms with Crippen molar-refractivity contribution in [2.75, 3.05) is 20.1 Å². The molecule has 5 nitrogen and oxygen atoms in total. The van der Waals surface area contributed by atoms with Gasteiger partial charge in [-0.25, -0.2) is 0 Å². The Hall–Kier alpha value is -2.40. The number of hydrogen-bond acceptors (Lipinski definition) is 4. The van der Waals surface area contributed by atoms with E-state index in [4.69, 9.17) is 4.74 Å². The Morgan fingerprint density at radius 2 is 1.96 bits per heavy atom. The molecule has 1 fully saturated rings. The first-order valence-corrected chi connectivity index (χ1v) is 7.78. The summed E-state index contributed by atoms with van der Waals surface area (Å²) < 4.78 is 6.17. The van der Waals surface area contributed by atoms with Crippen LogP contribution in [0.25, 0.3) is 0 Å². The van der Waals surface area contributed by atoms with Crippen LogP contribution >= 0.6 is 0 Å². The van der Waals surface area contributed by atoms with Crippen LogP contribution in [0.1, 0.15) is 17.9 Å². The molecule has 120 valence electrons. The molecule has 1 saturated heterocycles. The molecular formula is C18H20N2O3. The molecule has 0 aliphatic carbocycles. The van der Waals surface area contributed by atoms with Gasteiger partial charge in [0.05, 0.1) is 4.92 Å². The molecular weight excluding hydrogens is 292 g/mol. The van der Waals surface area contributed by atoms with Crippen LogP contribution in [0.2, 0.25) is 0 Å². The monoisotopic (exact) mass is 312 g/mol. The molecule has 0 radical (unpaired) electrons. The quantitative estimate of drug-likeness (QED) is 0.641. The van der Waals surface area contributed by atoms with Crippen molar-refractivity contribution in [1.29, 1.82) is 0 Å². The molecule has 2 atom stereocenters. The van der Waals surface area contributed by atoms with E-state index in [0.29, 0.717) is 0 Å². The largest absolute Gasteiger partial charge is 0.490 e. The van der Waals surface area contributed by atoms with Crippen molar-refractivity contribution in [2.45, 2.75) is 18.4 Å². The molecule has 0 bridgehead atoms. The highest BCUT2D eigenvalue weighted by molar-refractivity contribution is 5.37. The zero-order chi connectivity index (χ0) is 16.2. The molecule has 1 aliphatic rings. The summed E-state index contributed by atoms with van der Waals surface area (Å²) in [6.45, 7) is 1.79. The van der Waals surface area contributed by atoms with E-state index >= 15 is 0 Å². The Morgan fingerprint density at radius 1 is 1.17 bits per heavy atom. The number of likely N-dealkylation sites (N-methyl/N-ethyl adjacent to an activating group) is 1. The van der Waals surface area contributed by atoms with Gasteiger partial charge in [0, 0.05) is 31.1 Å². The van der Waals surface area contributed by atoms with E-state index < -0.39 is 0 Å². The van der Waals surface area contributed by atoms with Gasteiger partial charge in [0.25, 0.3) is 5.69 Å². The number of rotatable bonds is 4. The van der Waals surface area contributed by atoms with Gasteiger partial charge in [-0.1, -0.05) is 30.3 Å². The molecule has 0 unspecified atom stereocenters. The molecule has 23 heavy (non-hydrogen) atoms. The lowest BCUT2D eigenvalue weighted by molar-refractivity contribution is -0.384. The van der Waals surface area contributed by atoms with E-state index in [0.717, 1.165) is 30.8 Å². The Morgan fingerprint density at radius 3 is 2.70 bits per heavy atom. The van der Waals surface area contributed by atoms with Crippen LogP contribution < -0.4 is 4.74 Å². The molecule has 2 aromatic rings. The van der Waals surface area contributed by atoms with E-state index in [1.54, 1.807) is 12.1 Å². The zero-order valence-corrected chi connectivity index (χ0v) is 13.1. The average molecular weight is 312 g/mol. The second-order valence-corrected chi connectivity index (χ2v) is 5.98. The lowest BCUT2D eigenvalue weighted by atomic mass is 9.87. The van der Waals surface area contributed by atoms with Crippen molar-refractivity contribution in [1.82, 2.24) is 4.90 Å². The predicted molar refractivity (Wildman–Crippen MR) is 88.8 cm³/mol. The maximum absolute atomic E-state index is 11.0. The number of non-ortho nitro benzene ring substituents is 1. The van der Waals surface area contributed by atoms with Crippen LogP contribution in [-0.2, 0) is 0 Å². The molecule has 0 saturated carbocycles. The standard InChI is InChI=1S/C18H20N2O3/c1-19-11-10-18(23-16-8-3-2-4-9-16)17(13-19)14-6-5-7-15(12-14)20(21)22/h2-9,12,17-18H,10-11,13H2,1H3/t17-,18-/m1/s1. The SMILES string of the molecule is CN1CC[C@@H](Oc2ccccc2)[C@@H](c2cccc([N+](=O)[O-])c2)C1. The normalized spacial score (nSPS) is 21.8. The number of hydrogen-bond donors (Lipinski definition) is 0. The van der Waals surface area contributed by atoms with Crippen molar-refractivity contribution in [3.05, 3.63) is 70.3 Å². The number of piperidine rings is 1. The maximum atomic E-state index is 11.0. The van der Waals surface area contributed by atoms with E-state index in [1.807, 2.05) is 36.4 Å². The van der Waals surface area contributed by atoms with Gasteiger partial charge in [-0.05, 0) is 31.2 Å². The molecule has 0 amide bonds. The molecule has 0 aromatic heterocycles. The molecule has 5 heteroatoms. The van der Waals surface area contributed by atoms with E-state index in [2.05, 4.69) is 11.9 Å². The summed E-state index contributed by atoms with van der Waals surface area (Å²) in [5, 5.41) is 11.0. The molecule has 1 aliphatic heterocycles. The van der Waals surface area contributed by atoms with Gasteiger partial charge < -0.3 is 9.64 Å². The summed E-state index contributed by atoms with van der Waals surface area (Å²) >= 11 is 0. The average Bonchev–Trinajstić information content (AvgIpc) is 2.57. The van der Waals surface area contributed by atoms with Crippen LogP contribution in [0.5, 0.6) is 5.75 Å². The van der Waals surface area contributed by atoms with Crippen molar-refractivity contribution in [3.8, 4) is 5.75 Å². The number of nitrogens with zero attached hydrogens (tertiary/aromatic N) is 2. The van der Waals surface area contributed by atoms with Crippen molar-refractivity contribution in [2.24, 2.45) is 0 Å². The van der Waals surface area contributed by atoms with Gasteiger partial charge in [-0.2, -0.15) is 0 Å². The lowest BCUT2D eigenvalue weighted by Gasteiger charge is -2.37. The fraction of sp³-hybridized carbons (Fsp3) is 0.333. The minimum Gasteiger partial charge on any atom is -0.490 e. The minimum atomic E-state index is -0.344. The zero-order valence-electron chi connectivity index (χ0n) is 13.1. The van der Waals surface area contributed by atoms with Crippen LogP contribution in [-0.4, -0.2) is 36.1 Å². The minimum absolute atomic E-state index is 0.0237. The van der Waals surface area contributed by atoms with E-state index in [9.17, 15) is 10.1 Å². The third-order valence-corrected chi connectivity index (χ3v) is 4.29. The number of para-hydroxylation sites is 1. The first-order valence-electron chi connectivity index (χ1n) is 7.78. The fourth-order valence-corrected chi connectivity index (χ4v) is 3.10. The molecule has 0 spiro atoms. The number of nitro groups is 1. The number of likely N-dealkylation sites (tertiary alicyclic amines) is 1. The second kappa shape index (κ2) is 6.79. The van der Waals surface area contributed by atoms with E-state index in [-0.39, 0.29) is 22.6 Å². The van der Waals surface area contributed by atoms with Crippen LogP contribution in [0.4, 0.5) is 5.69 Å². The number of benzene rings is 2. The summed E-state index contributed by atoms with van der Waals surface area (Å²) in [6, 6.07) is 16.7. The topological polar surface area (TPSA) is 55.6 Å². The molecule has 3 rings (SSSR count). The van der Waals surface area contributed by atoms with Crippen molar-refractivity contribution >= 4 is 5.69 Å². The van der Waals surface area contributed by atoms with Gasteiger partial charge >= 0.3 is 0 Å². The Balaban J connectivity index is 1.86. The fourth-order valence-electron chi connectivity index (χ4n) is 3.10. The third-order valence-electron chi connectivity index (χ3n) is 4.29. The van der Waals surface area contributed by atoms with Crippen molar-refractivity contribution in [3.63, 3.8) is 0 Å². The Kier molecular flexibility index (Phi) is 4.57. The Bertz CT molecular complexity index is 675. The van der Waals surface area contributed by atoms with Crippen LogP contribution in [0.15, 0.2) is 54.6 Å². The molecule has 1 heterocycles. The lowest BCUT2D eigenvalue weighted by Crippen LogP contribution is -2.42. The first kappa shape index (κ1) is 15.5. The van der Waals surface area contributed by atoms with Gasteiger partial charge in [-0.15, -0.1) is 0 Å². The van der Waals surface area contributed by atoms with Gasteiger partial charge in [-0.3, -0.25) is 10.1 Å². The molecule has 2 aromatic carbocycles. The van der Waals surface area contributed by atoms with Gasteiger partial charge in [0.1, 0.15) is 11.9 Å². The summed E-state index contributed by atoms with van der Waals surface area (Å²) in [4.78, 5) is 12.9. The summed E-state index contributed by atoms with van der Waals surface area (Å²) in [5.41, 5.74) is 1.10. The highest BCUT2D eigenvalue weighted by Crippen LogP contribution is 2.31. The third kappa shape index (κ3) is 3.68. The Labute approximate surface area is 135 Å². The highest BCUT2D eigenvalue weighted by Gasteiger charge is 2.31. The van der Waals surface area contributed by atoms with Gasteiger partial charge in [0.2, 0.25) is 0 Å². The van der Waals surface area contributed by atoms with Crippen LogP contribution in [0, 0.1) is 10.1 Å². The summed E-state index contributed by atoms with van der Waals surface area (Å²) in [6.07, 6.45) is 0.925. The highest BCUT2D eigenvalue weighted by atomic mass is 16.6. The van der Waals surface area contributed by atoms with Crippen LogP contribution in [0.3, 0.4) is 0 Å². The molecule has 0 N–H and O–H groups in total. The second-order valence-electron chi connectivity index (χ2n) is 5.98. The smallest absolute Gasteiger partial charge is 0.269 e. The maximum Gasteiger partial charge on any atom is 0.269 e. The van der Waals surface area contributed by atoms with Gasteiger partial charge in [0.15, 0.2) is 0 Å². The number of nitro benzene ring substituents is 1. The van der Waals surface area contributed by atoms with Crippen molar-refractivity contribution < 1.29 is 9.66 Å². The number of ether oxygens (including phenoxy) is 1. The summed E-state index contributed by atoms with van der Waals surface area (Å²) in [5.74, 6) is 0.964. The summed E-state index contributed by atoms with van der Waals surface area (Å²) in [7, 11) is 2.07. The first-order chi connectivity index (χ1) is 11.1. The van der Waals surface area contributed by atoms with E-state index in [1.165, 1.54) is 6.07 Å². The predicted octanol–water partition coefficient (Wildman–Crippen LogP) is 3.46.